The average molecular weight is 308 g/mol. The first-order valence-corrected chi connectivity index (χ1v) is 7.27. The summed E-state index contributed by atoms with van der Waals surface area (Å²) in [5, 5.41) is 11.1. The highest BCUT2D eigenvalue weighted by Gasteiger charge is 2.24. The van der Waals surface area contributed by atoms with E-state index in [-0.39, 0.29) is 30.0 Å². The molecule has 0 radical (unpaired) electrons. The SMILES string of the molecule is COc1ccc(OCC(=O)N2CCCCC2C)c([N+](=O)[O-])c1. The van der Waals surface area contributed by atoms with Gasteiger partial charge in [-0.15, -0.1) is 0 Å². The van der Waals surface area contributed by atoms with Gasteiger partial charge in [0.1, 0.15) is 5.75 Å². The van der Waals surface area contributed by atoms with Crippen LogP contribution in [0.4, 0.5) is 5.69 Å². The van der Waals surface area contributed by atoms with Crippen molar-refractivity contribution >= 4 is 11.6 Å². The molecule has 1 fully saturated rings. The summed E-state index contributed by atoms with van der Waals surface area (Å²) < 4.78 is 10.3. The fourth-order valence-electron chi connectivity index (χ4n) is 2.58. The molecule has 1 saturated heterocycles. The second kappa shape index (κ2) is 7.11. The molecule has 1 aromatic carbocycles. The Labute approximate surface area is 129 Å². The average Bonchev–Trinajstić information content (AvgIpc) is 2.52. The van der Waals surface area contributed by atoms with Gasteiger partial charge in [-0.2, -0.15) is 0 Å². The molecule has 1 aliphatic heterocycles. The van der Waals surface area contributed by atoms with Gasteiger partial charge in [-0.25, -0.2) is 0 Å². The lowest BCUT2D eigenvalue weighted by atomic mass is 10.0. The van der Waals surface area contributed by atoms with Crippen molar-refractivity contribution in [2.75, 3.05) is 20.3 Å². The summed E-state index contributed by atoms with van der Waals surface area (Å²) >= 11 is 0. The van der Waals surface area contributed by atoms with Crippen LogP contribution in [0, 0.1) is 10.1 Å². The quantitative estimate of drug-likeness (QED) is 0.616. The predicted molar refractivity (Wildman–Crippen MR) is 80.2 cm³/mol. The van der Waals surface area contributed by atoms with E-state index in [0.717, 1.165) is 19.3 Å². The molecule has 1 heterocycles. The van der Waals surface area contributed by atoms with E-state index >= 15 is 0 Å². The summed E-state index contributed by atoms with van der Waals surface area (Å²) in [6.07, 6.45) is 3.09. The molecule has 1 atom stereocenters. The van der Waals surface area contributed by atoms with Gasteiger partial charge >= 0.3 is 5.69 Å². The van der Waals surface area contributed by atoms with Crippen LogP contribution in [-0.4, -0.2) is 42.0 Å². The minimum absolute atomic E-state index is 0.0730. The van der Waals surface area contributed by atoms with E-state index in [4.69, 9.17) is 9.47 Å². The normalized spacial score (nSPS) is 17.9. The zero-order valence-corrected chi connectivity index (χ0v) is 12.8. The number of ether oxygens (including phenoxy) is 2. The summed E-state index contributed by atoms with van der Waals surface area (Å²) in [6, 6.07) is 4.49. The molecule has 1 aromatic rings. The third kappa shape index (κ3) is 3.66. The molecule has 0 N–H and O–H groups in total. The second-order valence-electron chi connectivity index (χ2n) is 5.31. The lowest BCUT2D eigenvalue weighted by Crippen LogP contribution is -2.44. The van der Waals surface area contributed by atoms with Gasteiger partial charge < -0.3 is 14.4 Å². The topological polar surface area (TPSA) is 81.9 Å². The number of amides is 1. The van der Waals surface area contributed by atoms with Crippen molar-refractivity contribution in [2.45, 2.75) is 32.2 Å². The fraction of sp³-hybridized carbons (Fsp3) is 0.533. The van der Waals surface area contributed by atoms with Crippen molar-refractivity contribution in [2.24, 2.45) is 0 Å². The Bertz CT molecular complexity index is 561. The number of carbonyl (C=O) groups is 1. The standard InChI is InChI=1S/C15H20N2O5/c1-11-5-3-4-8-16(11)15(18)10-22-14-7-6-12(21-2)9-13(14)17(19)20/h6-7,9,11H,3-5,8,10H2,1-2H3. The Morgan fingerprint density at radius 3 is 2.86 bits per heavy atom. The Morgan fingerprint density at radius 2 is 2.23 bits per heavy atom. The smallest absolute Gasteiger partial charge is 0.314 e. The lowest BCUT2D eigenvalue weighted by molar-refractivity contribution is -0.385. The number of hydrogen-bond donors (Lipinski definition) is 0. The number of hydrogen-bond acceptors (Lipinski definition) is 5. The Hall–Kier alpha value is -2.31. The number of nitro benzene ring substituents is 1. The van der Waals surface area contributed by atoms with Gasteiger partial charge in [0.15, 0.2) is 12.4 Å². The highest BCUT2D eigenvalue weighted by atomic mass is 16.6. The maximum atomic E-state index is 12.2. The van der Waals surface area contributed by atoms with E-state index in [1.54, 1.807) is 11.0 Å². The van der Waals surface area contributed by atoms with Gasteiger partial charge in [-0.05, 0) is 38.3 Å². The molecule has 0 spiro atoms. The van der Waals surface area contributed by atoms with Crippen molar-refractivity contribution in [3.63, 3.8) is 0 Å². The zero-order valence-electron chi connectivity index (χ0n) is 12.8. The van der Waals surface area contributed by atoms with Crippen LogP contribution >= 0.6 is 0 Å². The van der Waals surface area contributed by atoms with Crippen LogP contribution in [0.5, 0.6) is 11.5 Å². The minimum Gasteiger partial charge on any atom is -0.496 e. The largest absolute Gasteiger partial charge is 0.496 e. The number of rotatable bonds is 5. The first-order chi connectivity index (χ1) is 10.5. The molecule has 120 valence electrons. The second-order valence-corrected chi connectivity index (χ2v) is 5.31. The maximum absolute atomic E-state index is 12.2. The highest BCUT2D eigenvalue weighted by molar-refractivity contribution is 5.78. The summed E-state index contributed by atoms with van der Waals surface area (Å²) in [4.78, 5) is 24.5. The molecule has 0 bridgehead atoms. The van der Waals surface area contributed by atoms with Gasteiger partial charge in [0.2, 0.25) is 0 Å². The number of piperidine rings is 1. The third-order valence-corrected chi connectivity index (χ3v) is 3.84. The van der Waals surface area contributed by atoms with Crippen LogP contribution in [0.3, 0.4) is 0 Å². The van der Waals surface area contributed by atoms with Gasteiger partial charge in [0.25, 0.3) is 5.91 Å². The molecular weight excluding hydrogens is 288 g/mol. The van der Waals surface area contributed by atoms with E-state index in [2.05, 4.69) is 0 Å². The van der Waals surface area contributed by atoms with Crippen LogP contribution in [-0.2, 0) is 4.79 Å². The molecule has 0 aromatic heterocycles. The van der Waals surface area contributed by atoms with E-state index in [0.29, 0.717) is 12.3 Å². The maximum Gasteiger partial charge on any atom is 0.314 e. The van der Waals surface area contributed by atoms with Crippen LogP contribution < -0.4 is 9.47 Å². The Morgan fingerprint density at radius 1 is 1.45 bits per heavy atom. The van der Waals surface area contributed by atoms with E-state index in [1.807, 2.05) is 6.92 Å². The molecule has 2 rings (SSSR count). The predicted octanol–water partition coefficient (Wildman–Crippen LogP) is 2.38. The summed E-state index contributed by atoms with van der Waals surface area (Å²) in [6.45, 7) is 2.53. The van der Waals surface area contributed by atoms with Crippen LogP contribution in [0.2, 0.25) is 0 Å². The zero-order chi connectivity index (χ0) is 16.1. The van der Waals surface area contributed by atoms with E-state index < -0.39 is 4.92 Å². The van der Waals surface area contributed by atoms with Crippen LogP contribution in [0.25, 0.3) is 0 Å². The van der Waals surface area contributed by atoms with Gasteiger partial charge in [0.05, 0.1) is 18.1 Å². The fourth-order valence-corrected chi connectivity index (χ4v) is 2.58. The van der Waals surface area contributed by atoms with Crippen molar-refractivity contribution in [1.29, 1.82) is 0 Å². The first-order valence-electron chi connectivity index (χ1n) is 7.27. The van der Waals surface area contributed by atoms with Crippen molar-refractivity contribution < 1.29 is 19.2 Å². The molecular formula is C15H20N2O5. The number of nitro groups is 1. The molecule has 0 saturated carbocycles. The number of nitrogens with zero attached hydrogens (tertiary/aromatic N) is 2. The molecule has 0 aliphatic carbocycles. The van der Waals surface area contributed by atoms with Crippen molar-refractivity contribution in [3.8, 4) is 11.5 Å². The minimum atomic E-state index is -0.550. The first kappa shape index (κ1) is 16.1. The Balaban J connectivity index is 2.04. The van der Waals surface area contributed by atoms with Crippen molar-refractivity contribution in [1.82, 2.24) is 4.90 Å². The van der Waals surface area contributed by atoms with Crippen LogP contribution in [0.15, 0.2) is 18.2 Å². The molecule has 1 amide bonds. The number of likely N-dealkylation sites (tertiary alicyclic amines) is 1. The van der Waals surface area contributed by atoms with Crippen molar-refractivity contribution in [3.05, 3.63) is 28.3 Å². The molecule has 1 aliphatic rings. The highest BCUT2D eigenvalue weighted by Crippen LogP contribution is 2.31. The van der Waals surface area contributed by atoms with Gasteiger partial charge in [-0.3, -0.25) is 14.9 Å². The Kier molecular flexibility index (Phi) is 5.19. The molecule has 1 unspecified atom stereocenters. The lowest BCUT2D eigenvalue weighted by Gasteiger charge is -2.33. The monoisotopic (exact) mass is 308 g/mol. The van der Waals surface area contributed by atoms with E-state index in [1.165, 1.54) is 19.2 Å². The number of methoxy groups -OCH3 is 1. The summed E-state index contributed by atoms with van der Waals surface area (Å²) in [7, 11) is 1.43. The number of carbonyl (C=O) groups excluding carboxylic acids is 1. The number of benzene rings is 1. The summed E-state index contributed by atoms with van der Waals surface area (Å²) in [5.74, 6) is 0.302. The van der Waals surface area contributed by atoms with Gasteiger partial charge in [0, 0.05) is 12.6 Å². The van der Waals surface area contributed by atoms with Gasteiger partial charge in [-0.1, -0.05) is 0 Å². The van der Waals surface area contributed by atoms with E-state index in [9.17, 15) is 14.9 Å². The summed E-state index contributed by atoms with van der Waals surface area (Å²) in [5.41, 5.74) is -0.209. The molecule has 7 heteroatoms. The third-order valence-electron chi connectivity index (χ3n) is 3.84. The molecule has 22 heavy (non-hydrogen) atoms. The van der Waals surface area contributed by atoms with Crippen LogP contribution in [0.1, 0.15) is 26.2 Å². The molecule has 7 nitrogen and oxygen atoms in total.